The average molecular weight is 1490 g/mol. The standard InChI is InChI=1S/C46H28O.C36H22O.C32H20O/c1-2-16-32-30(13-1)28-42(34-18-4-3-17-33(32)34)29-14-11-15-31(27-29)44-36-20-5-7-22-38(36)45(39-23-8-6-21-37(39)44)41-25-12-24-40-35-19-9-10-26-43(35)47-46(40)41;1-2-11-24-22-25(21-20-23(24)10-1)34-27-13-3-5-15-29(27)35(30-16-6-4-14-28(30)34)32-18-9-17-31-26-12-7-8-19-33(26)37-36(31)32;1-2-11-21(12-3-1)30-23-14-4-6-16-25(23)31(26-17-7-5-15-24(26)30)28-19-10-18-27-22-13-8-9-20-29(22)33-32(27)28/h1-28H;1-22H;1-20H. The number of hydrogen-bond acceptors (Lipinski definition) is 3. The van der Waals surface area contributed by atoms with Crippen LogP contribution in [-0.2, 0) is 0 Å². The second-order valence-corrected chi connectivity index (χ2v) is 30.6. The summed E-state index contributed by atoms with van der Waals surface area (Å²) in [6.45, 7) is 0. The highest BCUT2D eigenvalue weighted by Gasteiger charge is 2.25. The molecule has 22 aromatic carbocycles. The second-order valence-electron chi connectivity index (χ2n) is 30.6. The van der Waals surface area contributed by atoms with Gasteiger partial charge in [0.2, 0.25) is 0 Å². The van der Waals surface area contributed by atoms with Crippen molar-refractivity contribution in [2.75, 3.05) is 0 Å². The van der Waals surface area contributed by atoms with Gasteiger partial charge in [-0.3, -0.25) is 0 Å². The van der Waals surface area contributed by atoms with Crippen LogP contribution in [0.4, 0.5) is 0 Å². The minimum absolute atomic E-state index is 0.915. The molecule has 0 unspecified atom stereocenters. The first-order chi connectivity index (χ1) is 58.1. The van der Waals surface area contributed by atoms with Crippen molar-refractivity contribution in [2.24, 2.45) is 0 Å². The van der Waals surface area contributed by atoms with Crippen molar-refractivity contribution in [3.8, 4) is 77.9 Å². The predicted octanol–water partition coefficient (Wildman–Crippen LogP) is 32.8. The van der Waals surface area contributed by atoms with Gasteiger partial charge in [-0.05, 0) is 178 Å². The molecule has 0 bridgehead atoms. The zero-order chi connectivity index (χ0) is 77.0. The van der Waals surface area contributed by atoms with Gasteiger partial charge in [0, 0.05) is 65.7 Å². The first kappa shape index (κ1) is 67.3. The average Bonchev–Trinajstić information content (AvgIpc) is 1.71. The summed E-state index contributed by atoms with van der Waals surface area (Å²) in [5.74, 6) is 0. The zero-order valence-corrected chi connectivity index (χ0v) is 63.6. The van der Waals surface area contributed by atoms with Crippen LogP contribution < -0.4 is 0 Å². The SMILES string of the molecule is c1cc(-c2c3ccccc3c(-c3cccc4c3oc3ccccc34)c3ccccc23)cc(-c2cc3ccccc3c3ccccc23)c1.c1ccc(-c2c3ccccc3c(-c3cccc4c3oc3ccccc34)c3ccccc23)cc1.c1ccc2cc(-c3c4ccccc4c(-c4cccc5c4oc4ccccc45)c4ccccc34)ccc2c1. The van der Waals surface area contributed by atoms with Gasteiger partial charge >= 0.3 is 0 Å². The first-order valence-electron chi connectivity index (χ1n) is 40.2. The van der Waals surface area contributed by atoms with Crippen LogP contribution in [0.3, 0.4) is 0 Å². The fourth-order valence-electron chi connectivity index (χ4n) is 19.1. The number of hydrogen-bond donors (Lipinski definition) is 0. The summed E-state index contributed by atoms with van der Waals surface area (Å²) < 4.78 is 19.5. The minimum atomic E-state index is 0.915. The van der Waals surface area contributed by atoms with E-state index in [-0.39, 0.29) is 0 Å². The normalized spacial score (nSPS) is 11.8. The van der Waals surface area contributed by atoms with Gasteiger partial charge < -0.3 is 13.3 Å². The van der Waals surface area contributed by atoms with E-state index in [0.717, 1.165) is 82.5 Å². The Morgan fingerprint density at radius 1 is 0.120 bits per heavy atom. The largest absolute Gasteiger partial charge is 0.455 e. The number of furan rings is 3. The molecule has 0 atom stereocenters. The van der Waals surface area contributed by atoms with Crippen molar-refractivity contribution in [2.45, 2.75) is 0 Å². The molecule has 0 aliphatic rings. The van der Waals surface area contributed by atoms with Gasteiger partial charge in [-0.25, -0.2) is 0 Å². The van der Waals surface area contributed by atoms with Crippen LogP contribution in [-0.4, -0.2) is 0 Å². The Hall–Kier alpha value is -15.4. The van der Waals surface area contributed by atoms with Gasteiger partial charge in [-0.15, -0.1) is 0 Å². The molecule has 25 aromatic rings. The number of para-hydroxylation sites is 6. The lowest BCUT2D eigenvalue weighted by molar-refractivity contribution is 0.669. The summed E-state index contributed by atoms with van der Waals surface area (Å²) in [6, 6.07) is 152. The molecule has 0 amide bonds. The molecule has 0 aliphatic heterocycles. The van der Waals surface area contributed by atoms with Crippen LogP contribution in [0, 0.1) is 0 Å². The lowest BCUT2D eigenvalue weighted by Crippen LogP contribution is -1.92. The maximum absolute atomic E-state index is 6.58. The smallest absolute Gasteiger partial charge is 0.143 e. The summed E-state index contributed by atoms with van der Waals surface area (Å²) in [5, 5.41) is 29.4. The zero-order valence-electron chi connectivity index (χ0n) is 63.6. The topological polar surface area (TPSA) is 39.4 Å². The monoisotopic (exact) mass is 1490 g/mol. The Morgan fingerprint density at radius 2 is 0.393 bits per heavy atom. The van der Waals surface area contributed by atoms with Gasteiger partial charge in [0.25, 0.3) is 0 Å². The third kappa shape index (κ3) is 11.0. The van der Waals surface area contributed by atoms with Crippen molar-refractivity contribution in [3.05, 3.63) is 425 Å². The Labute approximate surface area is 674 Å². The van der Waals surface area contributed by atoms with E-state index in [4.69, 9.17) is 13.3 Å². The Kier molecular flexibility index (Phi) is 16.0. The molecule has 0 N–H and O–H groups in total. The third-order valence-corrected chi connectivity index (χ3v) is 24.1. The van der Waals surface area contributed by atoms with Crippen molar-refractivity contribution < 1.29 is 13.3 Å². The highest BCUT2D eigenvalue weighted by atomic mass is 16.3. The molecule has 3 aromatic heterocycles. The van der Waals surface area contributed by atoms with E-state index in [9.17, 15) is 0 Å². The van der Waals surface area contributed by atoms with Crippen LogP contribution >= 0.6 is 0 Å². The van der Waals surface area contributed by atoms with Crippen LogP contribution in [0.5, 0.6) is 0 Å². The third-order valence-electron chi connectivity index (χ3n) is 24.1. The predicted molar refractivity (Wildman–Crippen MR) is 497 cm³/mol. The molecule has 0 spiro atoms. The molecule has 117 heavy (non-hydrogen) atoms. The quantitative estimate of drug-likeness (QED) is 0.118. The molecule has 0 saturated heterocycles. The fraction of sp³-hybridized carbons (Fsp3) is 0. The fourth-order valence-corrected chi connectivity index (χ4v) is 19.1. The van der Waals surface area contributed by atoms with Crippen molar-refractivity contribution in [3.63, 3.8) is 0 Å². The van der Waals surface area contributed by atoms with Crippen LogP contribution in [0.1, 0.15) is 0 Å². The molecule has 0 saturated carbocycles. The molecule has 0 aliphatic carbocycles. The highest BCUT2D eigenvalue weighted by molar-refractivity contribution is 6.28. The molecule has 3 nitrogen and oxygen atoms in total. The molecule has 0 radical (unpaired) electrons. The van der Waals surface area contributed by atoms with Crippen LogP contribution in [0.25, 0.3) is 241 Å². The summed E-state index contributed by atoms with van der Waals surface area (Å²) in [7, 11) is 0. The molecular formula is C114H70O3. The van der Waals surface area contributed by atoms with Gasteiger partial charge in [-0.1, -0.05) is 388 Å². The number of benzene rings is 22. The van der Waals surface area contributed by atoms with Gasteiger partial charge in [0.1, 0.15) is 33.5 Å². The molecule has 544 valence electrons. The first-order valence-corrected chi connectivity index (χ1v) is 40.2. The number of rotatable bonds is 7. The van der Waals surface area contributed by atoms with Gasteiger partial charge in [0.05, 0.1) is 0 Å². The molecule has 3 heteroatoms. The van der Waals surface area contributed by atoms with Crippen molar-refractivity contribution in [1.82, 2.24) is 0 Å². The Morgan fingerprint density at radius 3 is 0.803 bits per heavy atom. The van der Waals surface area contributed by atoms with Gasteiger partial charge in [-0.2, -0.15) is 0 Å². The highest BCUT2D eigenvalue weighted by Crippen LogP contribution is 2.52. The Balaban J connectivity index is 0.000000105. The van der Waals surface area contributed by atoms with E-state index in [1.54, 1.807) is 0 Å². The lowest BCUT2D eigenvalue weighted by atomic mass is 9.84. The van der Waals surface area contributed by atoms with E-state index < -0.39 is 0 Å². The van der Waals surface area contributed by atoms with E-state index in [1.807, 2.05) is 24.3 Å². The Bertz CT molecular complexity index is 8170. The maximum atomic E-state index is 6.58. The summed E-state index contributed by atoms with van der Waals surface area (Å²) >= 11 is 0. The molecular weight excluding hydrogens is 1420 g/mol. The summed E-state index contributed by atoms with van der Waals surface area (Å²) in [6.07, 6.45) is 0. The molecule has 25 rings (SSSR count). The summed E-state index contributed by atoms with van der Waals surface area (Å²) in [4.78, 5) is 0. The van der Waals surface area contributed by atoms with E-state index in [1.165, 1.54) is 158 Å². The molecule has 0 fully saturated rings. The second kappa shape index (κ2) is 27.8. The summed E-state index contributed by atoms with van der Waals surface area (Å²) in [5.41, 5.74) is 22.6. The van der Waals surface area contributed by atoms with E-state index >= 15 is 0 Å². The van der Waals surface area contributed by atoms with Crippen molar-refractivity contribution >= 4 is 163 Å². The van der Waals surface area contributed by atoms with Crippen LogP contribution in [0.2, 0.25) is 0 Å². The van der Waals surface area contributed by atoms with E-state index in [0.29, 0.717) is 0 Å². The van der Waals surface area contributed by atoms with E-state index in [2.05, 4.69) is 400 Å². The van der Waals surface area contributed by atoms with Crippen LogP contribution in [0.15, 0.2) is 438 Å². The van der Waals surface area contributed by atoms with Gasteiger partial charge in [0.15, 0.2) is 0 Å². The molecule has 3 heterocycles. The number of fused-ring (bicyclic) bond motifs is 19. The lowest BCUT2D eigenvalue weighted by Gasteiger charge is -2.18. The minimum Gasteiger partial charge on any atom is -0.455 e. The maximum Gasteiger partial charge on any atom is 0.143 e. The van der Waals surface area contributed by atoms with Crippen molar-refractivity contribution in [1.29, 1.82) is 0 Å².